The summed E-state index contributed by atoms with van der Waals surface area (Å²) in [6.07, 6.45) is -0.628. The Morgan fingerprint density at radius 1 is 1.60 bits per heavy atom. The smallest absolute Gasteiger partial charge is 0.159 e. The van der Waals surface area contributed by atoms with E-state index in [1.54, 1.807) is 17.8 Å². The molecule has 0 amide bonds. The van der Waals surface area contributed by atoms with Crippen LogP contribution in [0.4, 0.5) is 0 Å². The number of aliphatic hydroxyl groups is 1. The molecule has 0 aromatic carbocycles. The summed E-state index contributed by atoms with van der Waals surface area (Å²) in [5.74, 6) is 0. The first-order valence-electron chi connectivity index (χ1n) is 4.36. The first kappa shape index (κ1) is 10.9. The van der Waals surface area contributed by atoms with E-state index < -0.39 is 6.10 Å². The van der Waals surface area contributed by atoms with Crippen molar-refractivity contribution in [2.75, 3.05) is 5.33 Å². The minimum Gasteiger partial charge on any atom is -0.386 e. The van der Waals surface area contributed by atoms with Gasteiger partial charge < -0.3 is 5.11 Å². The second kappa shape index (κ2) is 4.08. The SMILES string of the molecule is Cn1nc(C(O)CBr)c2ccc(Cl)nc21. The minimum absolute atomic E-state index is 0.422. The van der Waals surface area contributed by atoms with Gasteiger partial charge in [0.2, 0.25) is 0 Å². The topological polar surface area (TPSA) is 50.9 Å². The molecule has 4 nitrogen and oxygen atoms in total. The average molecular weight is 291 g/mol. The summed E-state index contributed by atoms with van der Waals surface area (Å²) in [6, 6.07) is 3.51. The minimum atomic E-state index is -0.628. The van der Waals surface area contributed by atoms with E-state index in [1.807, 2.05) is 6.07 Å². The summed E-state index contributed by atoms with van der Waals surface area (Å²) in [5.41, 5.74) is 1.30. The fourth-order valence-electron chi connectivity index (χ4n) is 1.45. The Labute approximate surface area is 100.0 Å². The van der Waals surface area contributed by atoms with Crippen LogP contribution in [0.15, 0.2) is 12.1 Å². The van der Waals surface area contributed by atoms with Crippen LogP contribution in [0, 0.1) is 0 Å². The Kier molecular flexibility index (Phi) is 2.95. The summed E-state index contributed by atoms with van der Waals surface area (Å²) in [5, 5.41) is 15.6. The molecule has 0 saturated carbocycles. The molecule has 0 fully saturated rings. The molecule has 0 spiro atoms. The molecule has 15 heavy (non-hydrogen) atoms. The molecule has 0 aliphatic heterocycles. The molecule has 0 saturated heterocycles. The Hall–Kier alpha value is -0.650. The van der Waals surface area contributed by atoms with Gasteiger partial charge in [-0.3, -0.25) is 4.68 Å². The van der Waals surface area contributed by atoms with Crippen LogP contribution >= 0.6 is 27.5 Å². The van der Waals surface area contributed by atoms with E-state index in [1.165, 1.54) is 0 Å². The number of halogens is 2. The predicted molar refractivity (Wildman–Crippen MR) is 62.3 cm³/mol. The van der Waals surface area contributed by atoms with Crippen molar-refractivity contribution in [2.45, 2.75) is 6.10 Å². The maximum Gasteiger partial charge on any atom is 0.159 e. The molecule has 0 radical (unpaired) electrons. The number of rotatable bonds is 2. The van der Waals surface area contributed by atoms with Crippen LogP contribution in [0.3, 0.4) is 0 Å². The van der Waals surface area contributed by atoms with Gasteiger partial charge in [-0.1, -0.05) is 27.5 Å². The van der Waals surface area contributed by atoms with Crippen molar-refractivity contribution in [1.82, 2.24) is 14.8 Å². The van der Waals surface area contributed by atoms with E-state index in [2.05, 4.69) is 26.0 Å². The molecule has 80 valence electrons. The Morgan fingerprint density at radius 3 is 3.00 bits per heavy atom. The number of aromatic nitrogens is 3. The van der Waals surface area contributed by atoms with Crippen molar-refractivity contribution in [3.05, 3.63) is 23.0 Å². The van der Waals surface area contributed by atoms with Crippen LogP contribution in [-0.2, 0) is 7.05 Å². The van der Waals surface area contributed by atoms with Crippen LogP contribution in [0.1, 0.15) is 11.8 Å². The van der Waals surface area contributed by atoms with Crippen LogP contribution in [0.2, 0.25) is 5.15 Å². The van der Waals surface area contributed by atoms with E-state index >= 15 is 0 Å². The number of alkyl halides is 1. The van der Waals surface area contributed by atoms with E-state index in [0.717, 1.165) is 5.39 Å². The largest absolute Gasteiger partial charge is 0.386 e. The third-order valence-corrected chi connectivity index (χ3v) is 2.97. The van der Waals surface area contributed by atoms with Crippen molar-refractivity contribution >= 4 is 38.6 Å². The first-order chi connectivity index (χ1) is 7.13. The van der Waals surface area contributed by atoms with E-state index in [0.29, 0.717) is 21.8 Å². The zero-order chi connectivity index (χ0) is 11.0. The zero-order valence-electron chi connectivity index (χ0n) is 7.98. The van der Waals surface area contributed by atoms with Gasteiger partial charge in [-0.2, -0.15) is 5.10 Å². The molecule has 2 heterocycles. The molecule has 6 heteroatoms. The Morgan fingerprint density at radius 2 is 2.33 bits per heavy atom. The first-order valence-corrected chi connectivity index (χ1v) is 5.86. The molecule has 1 atom stereocenters. The summed E-state index contributed by atoms with van der Waals surface area (Å²) >= 11 is 9.00. The summed E-state index contributed by atoms with van der Waals surface area (Å²) < 4.78 is 1.61. The van der Waals surface area contributed by atoms with Crippen LogP contribution in [-0.4, -0.2) is 25.2 Å². The Balaban J connectivity index is 2.68. The van der Waals surface area contributed by atoms with Crippen molar-refractivity contribution in [3.8, 4) is 0 Å². The molecule has 1 N–H and O–H groups in total. The second-order valence-electron chi connectivity index (χ2n) is 3.18. The molecule has 1 unspecified atom stereocenters. The second-order valence-corrected chi connectivity index (χ2v) is 4.22. The van der Waals surface area contributed by atoms with Gasteiger partial charge in [-0.25, -0.2) is 4.98 Å². The maximum atomic E-state index is 9.73. The predicted octanol–water partition coefficient (Wildman–Crippen LogP) is 2.05. The van der Waals surface area contributed by atoms with Crippen molar-refractivity contribution in [1.29, 1.82) is 0 Å². The number of fused-ring (bicyclic) bond motifs is 1. The fourth-order valence-corrected chi connectivity index (χ4v) is 1.90. The van der Waals surface area contributed by atoms with Crippen LogP contribution in [0.5, 0.6) is 0 Å². The van der Waals surface area contributed by atoms with E-state index in [9.17, 15) is 5.11 Å². The lowest BCUT2D eigenvalue weighted by Crippen LogP contribution is -2.00. The molecule has 2 aromatic rings. The van der Waals surface area contributed by atoms with Gasteiger partial charge in [0, 0.05) is 17.8 Å². The standard InChI is InChI=1S/C9H9BrClN3O/c1-14-9-5(2-3-7(11)12-9)8(13-14)6(15)4-10/h2-3,6,15H,4H2,1H3. The van der Waals surface area contributed by atoms with Gasteiger partial charge in [-0.05, 0) is 12.1 Å². The molecule has 0 aliphatic rings. The van der Waals surface area contributed by atoms with Crippen LogP contribution < -0.4 is 0 Å². The summed E-state index contributed by atoms with van der Waals surface area (Å²) in [6.45, 7) is 0. The third kappa shape index (κ3) is 1.87. The Bertz CT molecular complexity index is 499. The maximum absolute atomic E-state index is 9.73. The molecule has 0 aliphatic carbocycles. The number of aryl methyl sites for hydroxylation is 1. The highest BCUT2D eigenvalue weighted by molar-refractivity contribution is 9.09. The number of hydrogen-bond donors (Lipinski definition) is 1. The van der Waals surface area contributed by atoms with Gasteiger partial charge in [-0.15, -0.1) is 0 Å². The van der Waals surface area contributed by atoms with Gasteiger partial charge in [0.05, 0.1) is 0 Å². The van der Waals surface area contributed by atoms with Crippen LogP contribution in [0.25, 0.3) is 11.0 Å². The number of nitrogens with zero attached hydrogens (tertiary/aromatic N) is 3. The summed E-state index contributed by atoms with van der Waals surface area (Å²) in [4.78, 5) is 4.15. The van der Waals surface area contributed by atoms with Gasteiger partial charge in [0.15, 0.2) is 5.65 Å². The van der Waals surface area contributed by atoms with E-state index in [4.69, 9.17) is 11.6 Å². The highest BCUT2D eigenvalue weighted by Gasteiger charge is 2.16. The van der Waals surface area contributed by atoms with Gasteiger partial charge in [0.1, 0.15) is 17.0 Å². The monoisotopic (exact) mass is 289 g/mol. The summed E-state index contributed by atoms with van der Waals surface area (Å²) in [7, 11) is 1.77. The number of pyridine rings is 1. The third-order valence-electron chi connectivity index (χ3n) is 2.14. The van der Waals surface area contributed by atoms with Crippen molar-refractivity contribution in [2.24, 2.45) is 7.05 Å². The fraction of sp³-hybridized carbons (Fsp3) is 0.333. The molecule has 2 aromatic heterocycles. The quantitative estimate of drug-likeness (QED) is 0.680. The van der Waals surface area contributed by atoms with Crippen molar-refractivity contribution < 1.29 is 5.11 Å². The lowest BCUT2D eigenvalue weighted by molar-refractivity contribution is 0.201. The molecule has 0 bridgehead atoms. The number of hydrogen-bond acceptors (Lipinski definition) is 3. The highest BCUT2D eigenvalue weighted by Crippen LogP contribution is 2.24. The lowest BCUT2D eigenvalue weighted by atomic mass is 10.2. The zero-order valence-corrected chi connectivity index (χ0v) is 10.3. The average Bonchev–Trinajstić information content (AvgIpc) is 2.55. The van der Waals surface area contributed by atoms with Gasteiger partial charge >= 0.3 is 0 Å². The molecular weight excluding hydrogens is 281 g/mol. The highest BCUT2D eigenvalue weighted by atomic mass is 79.9. The van der Waals surface area contributed by atoms with Crippen molar-refractivity contribution in [3.63, 3.8) is 0 Å². The molecular formula is C9H9BrClN3O. The molecule has 2 rings (SSSR count). The van der Waals surface area contributed by atoms with E-state index in [-0.39, 0.29) is 0 Å². The van der Waals surface area contributed by atoms with Gasteiger partial charge in [0.25, 0.3) is 0 Å². The lowest BCUT2D eigenvalue weighted by Gasteiger charge is -2.01. The number of aliphatic hydroxyl groups excluding tert-OH is 1. The normalized spacial score (nSPS) is 13.3.